The summed E-state index contributed by atoms with van der Waals surface area (Å²) in [7, 11) is 0. The number of hydrogen-bond acceptors (Lipinski definition) is 6. The highest BCUT2D eigenvalue weighted by atomic mass is 32.2. The van der Waals surface area contributed by atoms with Crippen molar-refractivity contribution >= 4 is 17.7 Å². The number of nitrogens with one attached hydrogen (secondary N) is 1. The van der Waals surface area contributed by atoms with E-state index in [9.17, 15) is 9.18 Å². The smallest absolute Gasteiger partial charge is 0.241 e. The van der Waals surface area contributed by atoms with Gasteiger partial charge in [0.1, 0.15) is 5.82 Å². The van der Waals surface area contributed by atoms with E-state index in [1.54, 1.807) is 17.8 Å². The van der Waals surface area contributed by atoms with E-state index in [1.807, 2.05) is 43.3 Å². The second kappa shape index (κ2) is 12.1. The van der Waals surface area contributed by atoms with Gasteiger partial charge >= 0.3 is 0 Å². The van der Waals surface area contributed by atoms with Gasteiger partial charge in [-0.3, -0.25) is 9.69 Å². The molecule has 6 nitrogen and oxygen atoms in total. The molecule has 180 valence electrons. The Morgan fingerprint density at radius 1 is 1.26 bits per heavy atom. The van der Waals surface area contributed by atoms with Crippen molar-refractivity contribution in [2.75, 3.05) is 25.4 Å². The number of aromatic nitrogens is 2. The molecule has 4 rings (SSSR count). The Balaban J connectivity index is 1.17. The molecule has 1 amide bonds. The first-order valence-electron chi connectivity index (χ1n) is 11.8. The van der Waals surface area contributed by atoms with Gasteiger partial charge in [0, 0.05) is 24.4 Å². The fourth-order valence-electron chi connectivity index (χ4n) is 4.15. The van der Waals surface area contributed by atoms with Gasteiger partial charge in [-0.15, -0.1) is 0 Å². The van der Waals surface area contributed by atoms with Crippen LogP contribution in [-0.4, -0.2) is 46.3 Å². The van der Waals surface area contributed by atoms with Crippen LogP contribution in [0.2, 0.25) is 0 Å². The first-order chi connectivity index (χ1) is 16.6. The standard InChI is InChI=1S/C26H31FN4O2S/c1-19-7-4-9-20(15-19)25-29-24(33-30-25)17-31-13-5-10-21(16-31)26(32)28-12-6-14-34-18-22-8-2-3-11-23(22)27/h2-4,7-9,11,15,21H,5-6,10,12-14,16-18H2,1H3,(H,28,32). The predicted octanol–water partition coefficient (Wildman–Crippen LogP) is 4.84. The highest BCUT2D eigenvalue weighted by Gasteiger charge is 2.26. The van der Waals surface area contributed by atoms with Crippen LogP contribution in [0.5, 0.6) is 0 Å². The summed E-state index contributed by atoms with van der Waals surface area (Å²) in [6.45, 7) is 4.83. The molecule has 34 heavy (non-hydrogen) atoms. The Morgan fingerprint density at radius 3 is 3.00 bits per heavy atom. The number of benzene rings is 2. The van der Waals surface area contributed by atoms with E-state index in [0.29, 0.717) is 37.1 Å². The van der Waals surface area contributed by atoms with Gasteiger partial charge in [-0.2, -0.15) is 16.7 Å². The number of rotatable bonds is 10. The van der Waals surface area contributed by atoms with Gasteiger partial charge in [0.05, 0.1) is 12.5 Å². The van der Waals surface area contributed by atoms with E-state index in [0.717, 1.165) is 48.3 Å². The second-order valence-electron chi connectivity index (χ2n) is 8.74. The Kier molecular flexibility index (Phi) is 8.71. The van der Waals surface area contributed by atoms with Crippen molar-refractivity contribution in [2.24, 2.45) is 5.92 Å². The monoisotopic (exact) mass is 482 g/mol. The summed E-state index contributed by atoms with van der Waals surface area (Å²) in [5, 5.41) is 7.19. The third-order valence-corrected chi connectivity index (χ3v) is 7.05. The number of hydrogen-bond donors (Lipinski definition) is 1. The van der Waals surface area contributed by atoms with E-state index in [2.05, 4.69) is 20.4 Å². The summed E-state index contributed by atoms with van der Waals surface area (Å²) in [4.78, 5) is 19.4. The molecule has 1 aliphatic rings. The maximum absolute atomic E-state index is 13.7. The van der Waals surface area contributed by atoms with E-state index < -0.39 is 0 Å². The second-order valence-corrected chi connectivity index (χ2v) is 9.85. The molecule has 0 bridgehead atoms. The van der Waals surface area contributed by atoms with Crippen molar-refractivity contribution < 1.29 is 13.7 Å². The minimum absolute atomic E-state index is 0.0287. The zero-order valence-electron chi connectivity index (χ0n) is 19.5. The number of halogens is 1. The fourth-order valence-corrected chi connectivity index (χ4v) is 5.10. The average Bonchev–Trinajstić information content (AvgIpc) is 3.31. The van der Waals surface area contributed by atoms with Crippen LogP contribution in [0.4, 0.5) is 4.39 Å². The predicted molar refractivity (Wildman–Crippen MR) is 133 cm³/mol. The molecule has 8 heteroatoms. The molecule has 1 saturated heterocycles. The van der Waals surface area contributed by atoms with E-state index in [4.69, 9.17) is 4.52 Å². The zero-order chi connectivity index (χ0) is 23.8. The number of carbonyl (C=O) groups is 1. The number of thioether (sulfide) groups is 1. The van der Waals surface area contributed by atoms with Crippen LogP contribution >= 0.6 is 11.8 Å². The van der Waals surface area contributed by atoms with Crippen LogP contribution in [0.25, 0.3) is 11.4 Å². The van der Waals surface area contributed by atoms with Crippen molar-refractivity contribution in [3.05, 3.63) is 71.4 Å². The lowest BCUT2D eigenvalue weighted by Crippen LogP contribution is -2.43. The normalized spacial score (nSPS) is 16.5. The number of likely N-dealkylation sites (tertiary alicyclic amines) is 1. The molecule has 1 aromatic heterocycles. The highest BCUT2D eigenvalue weighted by molar-refractivity contribution is 7.98. The highest BCUT2D eigenvalue weighted by Crippen LogP contribution is 2.21. The summed E-state index contributed by atoms with van der Waals surface area (Å²) in [6, 6.07) is 14.9. The summed E-state index contributed by atoms with van der Waals surface area (Å²) in [6.07, 6.45) is 2.73. The van der Waals surface area contributed by atoms with Crippen molar-refractivity contribution in [1.29, 1.82) is 0 Å². The van der Waals surface area contributed by atoms with E-state index in [-0.39, 0.29) is 17.6 Å². The van der Waals surface area contributed by atoms with Crippen LogP contribution in [0.3, 0.4) is 0 Å². The number of amides is 1. The molecule has 3 aromatic rings. The van der Waals surface area contributed by atoms with Crippen molar-refractivity contribution in [2.45, 2.75) is 38.5 Å². The molecule has 2 aromatic carbocycles. The molecule has 2 heterocycles. The third-order valence-electron chi connectivity index (χ3n) is 5.96. The largest absolute Gasteiger partial charge is 0.356 e. The molecule has 0 aliphatic carbocycles. The molecule has 1 aliphatic heterocycles. The lowest BCUT2D eigenvalue weighted by molar-refractivity contribution is -0.126. The Bertz CT molecular complexity index is 1090. The maximum atomic E-state index is 13.7. The number of piperidine rings is 1. The zero-order valence-corrected chi connectivity index (χ0v) is 20.3. The summed E-state index contributed by atoms with van der Waals surface area (Å²) >= 11 is 1.69. The van der Waals surface area contributed by atoms with Crippen molar-refractivity contribution in [3.63, 3.8) is 0 Å². The van der Waals surface area contributed by atoms with Gasteiger partial charge < -0.3 is 9.84 Å². The van der Waals surface area contributed by atoms with Crippen LogP contribution in [0.1, 0.15) is 36.3 Å². The third kappa shape index (κ3) is 6.90. The lowest BCUT2D eigenvalue weighted by atomic mass is 9.97. The molecule has 0 spiro atoms. The minimum Gasteiger partial charge on any atom is -0.356 e. The van der Waals surface area contributed by atoms with Gasteiger partial charge in [0.15, 0.2) is 0 Å². The van der Waals surface area contributed by atoms with E-state index >= 15 is 0 Å². The molecule has 0 saturated carbocycles. The minimum atomic E-state index is -0.155. The SMILES string of the molecule is Cc1cccc(-c2noc(CN3CCCC(C(=O)NCCCSCc4ccccc4F)C3)n2)c1. The molecule has 1 fully saturated rings. The Morgan fingerprint density at radius 2 is 2.15 bits per heavy atom. The van der Waals surface area contributed by atoms with Crippen molar-refractivity contribution in [1.82, 2.24) is 20.4 Å². The molecule has 1 N–H and O–H groups in total. The summed E-state index contributed by atoms with van der Waals surface area (Å²) in [5.74, 6) is 2.62. The van der Waals surface area contributed by atoms with Crippen molar-refractivity contribution in [3.8, 4) is 11.4 Å². The van der Waals surface area contributed by atoms with Crippen LogP contribution in [-0.2, 0) is 17.1 Å². The molecule has 1 unspecified atom stereocenters. The van der Waals surface area contributed by atoms with Gasteiger partial charge in [0.2, 0.25) is 17.6 Å². The van der Waals surface area contributed by atoms with Gasteiger partial charge in [-0.25, -0.2) is 4.39 Å². The van der Waals surface area contributed by atoms with Crippen LogP contribution in [0.15, 0.2) is 53.1 Å². The molecular weight excluding hydrogens is 451 g/mol. The van der Waals surface area contributed by atoms with Gasteiger partial charge in [-0.1, -0.05) is 47.1 Å². The maximum Gasteiger partial charge on any atom is 0.241 e. The quantitative estimate of drug-likeness (QED) is 0.417. The first kappa shape index (κ1) is 24.4. The van der Waals surface area contributed by atoms with Gasteiger partial charge in [0.25, 0.3) is 0 Å². The fraction of sp³-hybridized carbons (Fsp3) is 0.423. The van der Waals surface area contributed by atoms with E-state index in [1.165, 1.54) is 6.07 Å². The number of carbonyl (C=O) groups excluding carboxylic acids is 1. The molecule has 1 atom stereocenters. The Hall–Kier alpha value is -2.71. The summed E-state index contributed by atoms with van der Waals surface area (Å²) in [5.41, 5.74) is 2.82. The first-order valence-corrected chi connectivity index (χ1v) is 12.9. The van der Waals surface area contributed by atoms with Crippen LogP contribution in [0, 0.1) is 18.7 Å². The lowest BCUT2D eigenvalue weighted by Gasteiger charge is -2.30. The van der Waals surface area contributed by atoms with Crippen LogP contribution < -0.4 is 5.32 Å². The summed E-state index contributed by atoms with van der Waals surface area (Å²) < 4.78 is 19.1. The van der Waals surface area contributed by atoms with Gasteiger partial charge in [-0.05, 0) is 56.2 Å². The Labute approximate surface area is 204 Å². The molecule has 0 radical (unpaired) electrons. The number of nitrogens with zero attached hydrogens (tertiary/aromatic N) is 3. The average molecular weight is 483 g/mol. The topological polar surface area (TPSA) is 71.3 Å². The number of aryl methyl sites for hydroxylation is 1. The molecular formula is C26H31FN4O2S.